The van der Waals surface area contributed by atoms with Crippen molar-refractivity contribution in [1.82, 2.24) is 0 Å². The summed E-state index contributed by atoms with van der Waals surface area (Å²) in [6.07, 6.45) is 0. The fourth-order valence-corrected chi connectivity index (χ4v) is 5.06. The molecule has 0 aliphatic heterocycles. The standard InChI is InChI=1S/C30H29F2O6P.Na/c1-29(2,21-9-15-27(33)25(31)17-21)19-5-11-23(12-6-19)37-39(35,36)38-24-13-7-20(8-14-24)30(3,4)22-10-16-28(34)26(32)18-22;/h5-18,33-34H,1-4H3,(H,35,36);/q;+1/p-1. The molecule has 0 heterocycles. The molecule has 10 heteroatoms. The van der Waals surface area contributed by atoms with Gasteiger partial charge >= 0.3 is 37.4 Å². The zero-order chi connectivity index (χ0) is 28.6. The normalized spacial score (nSPS) is 12.0. The van der Waals surface area contributed by atoms with Gasteiger partial charge in [-0.05, 0) is 70.8 Å². The Bertz CT molecular complexity index is 1430. The summed E-state index contributed by atoms with van der Waals surface area (Å²) >= 11 is 0. The molecule has 204 valence electrons. The molecule has 0 amide bonds. The average molecular weight is 577 g/mol. The molecule has 0 unspecified atom stereocenters. The van der Waals surface area contributed by atoms with Gasteiger partial charge in [0.2, 0.25) is 0 Å². The molecular formula is C30H28F2NaO6P. The SMILES string of the molecule is CC(C)(c1ccc(OP(=O)([O-])Oc2ccc(C(C)(C)c3ccc(O)c(F)c3)cc2)cc1)c1ccc(O)c(F)c1.[Na+]. The zero-order valence-electron chi connectivity index (χ0n) is 22.8. The van der Waals surface area contributed by atoms with Crippen LogP contribution in [0.4, 0.5) is 8.78 Å². The number of hydrogen-bond acceptors (Lipinski definition) is 6. The summed E-state index contributed by atoms with van der Waals surface area (Å²) in [7, 11) is -4.79. The van der Waals surface area contributed by atoms with E-state index in [1.807, 2.05) is 27.7 Å². The van der Waals surface area contributed by atoms with E-state index in [4.69, 9.17) is 9.05 Å². The Kier molecular flexibility index (Phi) is 9.44. The van der Waals surface area contributed by atoms with Crippen LogP contribution in [-0.4, -0.2) is 10.2 Å². The predicted octanol–water partition coefficient (Wildman–Crippen LogP) is 3.96. The number of phosphoric acid groups is 1. The molecule has 0 fully saturated rings. The Morgan fingerprint density at radius 3 is 1.23 bits per heavy atom. The van der Waals surface area contributed by atoms with E-state index in [1.54, 1.807) is 36.4 Å². The van der Waals surface area contributed by atoms with Crippen molar-refractivity contribution in [3.8, 4) is 23.0 Å². The largest absolute Gasteiger partial charge is 1.00 e. The summed E-state index contributed by atoms with van der Waals surface area (Å²) in [5.41, 5.74) is 1.54. The van der Waals surface area contributed by atoms with Gasteiger partial charge in [0.15, 0.2) is 23.1 Å². The maximum Gasteiger partial charge on any atom is 1.00 e. The molecule has 0 spiro atoms. The second-order valence-corrected chi connectivity index (χ2v) is 11.5. The first-order valence-corrected chi connectivity index (χ1v) is 13.5. The minimum atomic E-state index is -4.79. The molecule has 0 aromatic heterocycles. The van der Waals surface area contributed by atoms with Crippen molar-refractivity contribution in [3.05, 3.63) is 119 Å². The topological polar surface area (TPSA) is 99.1 Å². The summed E-state index contributed by atoms with van der Waals surface area (Å²) in [5.74, 6) is -2.24. The van der Waals surface area contributed by atoms with Crippen LogP contribution in [0.2, 0.25) is 0 Å². The van der Waals surface area contributed by atoms with Crippen molar-refractivity contribution in [2.45, 2.75) is 38.5 Å². The number of phenolic OH excluding ortho intramolecular Hbond substituents is 2. The van der Waals surface area contributed by atoms with Gasteiger partial charge in [0, 0.05) is 10.8 Å². The van der Waals surface area contributed by atoms with Crippen molar-refractivity contribution < 1.29 is 67.1 Å². The van der Waals surface area contributed by atoms with Gasteiger partial charge in [-0.15, -0.1) is 0 Å². The average Bonchev–Trinajstić information content (AvgIpc) is 2.87. The second-order valence-electron chi connectivity index (χ2n) is 10.3. The molecular weight excluding hydrogens is 548 g/mol. The molecule has 0 saturated carbocycles. The van der Waals surface area contributed by atoms with Crippen LogP contribution in [0.15, 0.2) is 84.9 Å². The molecule has 4 rings (SSSR count). The van der Waals surface area contributed by atoms with Gasteiger partial charge in [-0.1, -0.05) is 64.1 Å². The van der Waals surface area contributed by atoms with E-state index in [-0.39, 0.29) is 41.1 Å². The zero-order valence-corrected chi connectivity index (χ0v) is 25.7. The van der Waals surface area contributed by atoms with Gasteiger partial charge in [0.25, 0.3) is 0 Å². The summed E-state index contributed by atoms with van der Waals surface area (Å²) in [6, 6.07) is 20.9. The minimum Gasteiger partial charge on any atom is -0.736 e. The Hall–Kier alpha value is -2.87. The van der Waals surface area contributed by atoms with Crippen LogP contribution in [0.5, 0.6) is 23.0 Å². The molecule has 4 aromatic rings. The third-order valence-electron chi connectivity index (χ3n) is 6.93. The predicted molar refractivity (Wildman–Crippen MR) is 142 cm³/mol. The molecule has 2 N–H and O–H groups in total. The molecule has 0 aliphatic carbocycles. The summed E-state index contributed by atoms with van der Waals surface area (Å²) in [4.78, 5) is 12.6. The van der Waals surface area contributed by atoms with Crippen LogP contribution >= 0.6 is 7.82 Å². The Labute approximate surface area is 254 Å². The van der Waals surface area contributed by atoms with E-state index in [0.29, 0.717) is 11.1 Å². The molecule has 6 nitrogen and oxygen atoms in total. The van der Waals surface area contributed by atoms with Crippen LogP contribution in [0.1, 0.15) is 49.9 Å². The van der Waals surface area contributed by atoms with Gasteiger partial charge in [-0.2, -0.15) is 0 Å². The number of phosphoric ester groups is 1. The van der Waals surface area contributed by atoms with Crippen LogP contribution in [0.3, 0.4) is 0 Å². The Morgan fingerprint density at radius 1 is 0.625 bits per heavy atom. The number of rotatable bonds is 8. The molecule has 0 atom stereocenters. The number of aromatic hydroxyl groups is 2. The number of hydrogen-bond donors (Lipinski definition) is 2. The quantitative estimate of drug-likeness (QED) is 0.244. The van der Waals surface area contributed by atoms with Gasteiger partial charge in [-0.25, -0.2) is 13.3 Å². The van der Waals surface area contributed by atoms with Crippen LogP contribution in [0.25, 0.3) is 0 Å². The monoisotopic (exact) mass is 576 g/mol. The number of halogens is 2. The Morgan fingerprint density at radius 2 is 0.925 bits per heavy atom. The van der Waals surface area contributed by atoms with Crippen LogP contribution < -0.4 is 43.5 Å². The van der Waals surface area contributed by atoms with E-state index in [2.05, 4.69) is 0 Å². The Balaban J connectivity index is 0.00000441. The second kappa shape index (κ2) is 11.9. The van der Waals surface area contributed by atoms with E-state index in [9.17, 15) is 28.5 Å². The van der Waals surface area contributed by atoms with Crippen molar-refractivity contribution in [2.75, 3.05) is 0 Å². The first kappa shape index (κ1) is 31.7. The van der Waals surface area contributed by atoms with E-state index in [1.165, 1.54) is 48.5 Å². The third kappa shape index (κ3) is 6.88. The molecule has 0 bridgehead atoms. The third-order valence-corrected chi connectivity index (χ3v) is 7.79. The smallest absolute Gasteiger partial charge is 0.736 e. The number of phenols is 2. The summed E-state index contributed by atoms with van der Waals surface area (Å²) in [5, 5.41) is 18.9. The molecule has 0 radical (unpaired) electrons. The van der Waals surface area contributed by atoms with Crippen molar-refractivity contribution in [1.29, 1.82) is 0 Å². The maximum atomic E-state index is 13.9. The fourth-order valence-electron chi connectivity index (χ4n) is 4.27. The van der Waals surface area contributed by atoms with Crippen LogP contribution in [0, 0.1) is 11.6 Å². The minimum absolute atomic E-state index is 0. The first-order chi connectivity index (χ1) is 18.2. The van der Waals surface area contributed by atoms with E-state index >= 15 is 0 Å². The van der Waals surface area contributed by atoms with Gasteiger partial charge in [0.1, 0.15) is 11.5 Å². The summed E-state index contributed by atoms with van der Waals surface area (Å²) < 4.78 is 50.6. The first-order valence-electron chi connectivity index (χ1n) is 12.1. The van der Waals surface area contributed by atoms with Crippen molar-refractivity contribution in [3.63, 3.8) is 0 Å². The van der Waals surface area contributed by atoms with E-state index in [0.717, 1.165) is 11.1 Å². The van der Waals surface area contributed by atoms with Crippen LogP contribution in [-0.2, 0) is 15.4 Å². The molecule has 4 aromatic carbocycles. The fraction of sp³-hybridized carbons (Fsp3) is 0.200. The molecule has 40 heavy (non-hydrogen) atoms. The molecule has 0 saturated heterocycles. The molecule has 0 aliphatic rings. The van der Waals surface area contributed by atoms with Gasteiger partial charge in [-0.3, -0.25) is 0 Å². The van der Waals surface area contributed by atoms with Crippen molar-refractivity contribution in [2.24, 2.45) is 0 Å². The number of benzene rings is 4. The van der Waals surface area contributed by atoms with Gasteiger partial charge < -0.3 is 24.2 Å². The van der Waals surface area contributed by atoms with Crippen molar-refractivity contribution >= 4 is 7.82 Å². The summed E-state index contributed by atoms with van der Waals surface area (Å²) in [6.45, 7) is 7.50. The van der Waals surface area contributed by atoms with E-state index < -0.39 is 41.8 Å². The van der Waals surface area contributed by atoms with Gasteiger partial charge in [0.05, 0.1) is 0 Å². The maximum absolute atomic E-state index is 13.9.